The van der Waals surface area contributed by atoms with Gasteiger partial charge in [-0.15, -0.1) is 11.8 Å². The summed E-state index contributed by atoms with van der Waals surface area (Å²) in [4.78, 5) is 1.21. The first kappa shape index (κ1) is 12.5. The fourth-order valence-electron chi connectivity index (χ4n) is 1.44. The van der Waals surface area contributed by atoms with Gasteiger partial charge in [-0.2, -0.15) is 5.10 Å². The van der Waals surface area contributed by atoms with Crippen LogP contribution in [-0.2, 0) is 7.05 Å². The van der Waals surface area contributed by atoms with E-state index in [-0.39, 0.29) is 0 Å². The summed E-state index contributed by atoms with van der Waals surface area (Å²) in [6.07, 6.45) is 3.92. The lowest BCUT2D eigenvalue weighted by Gasteiger charge is -2.05. The highest BCUT2D eigenvalue weighted by Gasteiger charge is 1.97. The molecular weight excluding hydrogens is 298 g/mol. The minimum atomic E-state index is 0.940. The molecule has 0 fully saturated rings. The molecule has 0 unspecified atom stereocenters. The van der Waals surface area contributed by atoms with E-state index in [0.29, 0.717) is 0 Å². The van der Waals surface area contributed by atoms with E-state index in [9.17, 15) is 0 Å². The quantitative estimate of drug-likeness (QED) is 0.678. The summed E-state index contributed by atoms with van der Waals surface area (Å²) in [5.74, 6) is 1.03. The zero-order valence-electron chi connectivity index (χ0n) is 9.56. The van der Waals surface area contributed by atoms with Crippen molar-refractivity contribution in [3.05, 3.63) is 41.1 Å². The molecule has 90 valence electrons. The lowest BCUT2D eigenvalue weighted by atomic mass is 10.3. The number of hydrogen-bond acceptors (Lipinski definition) is 3. The summed E-state index contributed by atoms with van der Waals surface area (Å²) in [7, 11) is 1.93. The SMILES string of the molecule is Cn1cc(SCCNc2cccc(Br)c2)cn1. The molecule has 5 heteroatoms. The number of anilines is 1. The van der Waals surface area contributed by atoms with E-state index >= 15 is 0 Å². The number of aromatic nitrogens is 2. The van der Waals surface area contributed by atoms with Crippen molar-refractivity contribution in [2.45, 2.75) is 4.90 Å². The van der Waals surface area contributed by atoms with Crippen LogP contribution in [0.1, 0.15) is 0 Å². The van der Waals surface area contributed by atoms with Crippen molar-refractivity contribution in [1.29, 1.82) is 0 Å². The summed E-state index contributed by atoms with van der Waals surface area (Å²) < 4.78 is 2.92. The van der Waals surface area contributed by atoms with E-state index in [1.54, 1.807) is 0 Å². The molecule has 0 saturated heterocycles. The van der Waals surface area contributed by atoms with Crippen LogP contribution >= 0.6 is 27.7 Å². The second kappa shape index (κ2) is 6.12. The van der Waals surface area contributed by atoms with Crippen LogP contribution in [0.3, 0.4) is 0 Å². The minimum Gasteiger partial charge on any atom is -0.384 e. The fourth-order valence-corrected chi connectivity index (χ4v) is 2.62. The van der Waals surface area contributed by atoms with Gasteiger partial charge in [-0.05, 0) is 18.2 Å². The molecule has 0 spiro atoms. The number of nitrogens with zero attached hydrogens (tertiary/aromatic N) is 2. The number of nitrogens with one attached hydrogen (secondary N) is 1. The van der Waals surface area contributed by atoms with E-state index in [1.807, 2.05) is 48.0 Å². The first-order valence-electron chi connectivity index (χ1n) is 5.35. The highest BCUT2D eigenvalue weighted by atomic mass is 79.9. The van der Waals surface area contributed by atoms with E-state index in [4.69, 9.17) is 0 Å². The number of thioether (sulfide) groups is 1. The van der Waals surface area contributed by atoms with Gasteiger partial charge in [-0.3, -0.25) is 4.68 Å². The van der Waals surface area contributed by atoms with Gasteiger partial charge in [0.15, 0.2) is 0 Å². The average Bonchev–Trinajstić information content (AvgIpc) is 2.71. The normalized spacial score (nSPS) is 10.5. The van der Waals surface area contributed by atoms with Crippen molar-refractivity contribution >= 4 is 33.4 Å². The van der Waals surface area contributed by atoms with E-state index in [2.05, 4.69) is 38.5 Å². The number of aryl methyl sites for hydroxylation is 1. The third-order valence-electron chi connectivity index (χ3n) is 2.21. The molecule has 1 heterocycles. The number of benzene rings is 1. The molecule has 0 aliphatic heterocycles. The molecule has 2 aromatic rings. The maximum absolute atomic E-state index is 4.13. The van der Waals surface area contributed by atoms with Gasteiger partial charge in [0, 0.05) is 40.6 Å². The Hall–Kier alpha value is -0.940. The lowest BCUT2D eigenvalue weighted by molar-refractivity contribution is 0.766. The minimum absolute atomic E-state index is 0.940. The molecule has 0 bridgehead atoms. The van der Waals surface area contributed by atoms with Crippen LogP contribution < -0.4 is 5.32 Å². The van der Waals surface area contributed by atoms with Crippen LogP contribution in [0, 0.1) is 0 Å². The molecule has 3 nitrogen and oxygen atoms in total. The van der Waals surface area contributed by atoms with Crippen LogP contribution in [0.2, 0.25) is 0 Å². The summed E-state index contributed by atoms with van der Waals surface area (Å²) in [6.45, 7) is 0.940. The first-order chi connectivity index (χ1) is 8.24. The molecule has 0 atom stereocenters. The molecule has 0 aliphatic carbocycles. The zero-order valence-corrected chi connectivity index (χ0v) is 12.0. The molecule has 17 heavy (non-hydrogen) atoms. The van der Waals surface area contributed by atoms with Crippen molar-refractivity contribution in [3.63, 3.8) is 0 Å². The molecule has 0 amide bonds. The summed E-state index contributed by atoms with van der Waals surface area (Å²) in [5.41, 5.74) is 1.14. The summed E-state index contributed by atoms with van der Waals surface area (Å²) in [6, 6.07) is 8.20. The third kappa shape index (κ3) is 4.09. The van der Waals surface area contributed by atoms with Crippen LogP contribution in [0.15, 0.2) is 46.0 Å². The lowest BCUT2D eigenvalue weighted by Crippen LogP contribution is -2.03. The number of hydrogen-bond donors (Lipinski definition) is 1. The van der Waals surface area contributed by atoms with Crippen molar-refractivity contribution in [3.8, 4) is 0 Å². The Morgan fingerprint density at radius 2 is 2.35 bits per heavy atom. The first-order valence-corrected chi connectivity index (χ1v) is 7.13. The Morgan fingerprint density at radius 3 is 3.06 bits per heavy atom. The Labute approximate surface area is 114 Å². The molecule has 2 rings (SSSR count). The largest absolute Gasteiger partial charge is 0.384 e. The number of rotatable bonds is 5. The average molecular weight is 312 g/mol. The topological polar surface area (TPSA) is 29.9 Å². The van der Waals surface area contributed by atoms with Gasteiger partial charge in [0.25, 0.3) is 0 Å². The van der Waals surface area contributed by atoms with Crippen LogP contribution in [0.25, 0.3) is 0 Å². The maximum Gasteiger partial charge on any atom is 0.0625 e. The molecule has 0 radical (unpaired) electrons. The van der Waals surface area contributed by atoms with Crippen molar-refractivity contribution in [2.24, 2.45) is 7.05 Å². The highest BCUT2D eigenvalue weighted by molar-refractivity contribution is 9.10. The predicted molar refractivity (Wildman–Crippen MR) is 76.6 cm³/mol. The molecule has 1 aromatic carbocycles. The van der Waals surface area contributed by atoms with E-state index in [1.165, 1.54) is 4.90 Å². The molecule has 1 aromatic heterocycles. The summed E-state index contributed by atoms with van der Waals surface area (Å²) in [5, 5.41) is 7.52. The van der Waals surface area contributed by atoms with Gasteiger partial charge in [0.2, 0.25) is 0 Å². The van der Waals surface area contributed by atoms with Crippen LogP contribution in [0.5, 0.6) is 0 Å². The van der Waals surface area contributed by atoms with Gasteiger partial charge < -0.3 is 5.32 Å². The maximum atomic E-state index is 4.13. The van der Waals surface area contributed by atoms with Crippen molar-refractivity contribution < 1.29 is 0 Å². The Morgan fingerprint density at radius 1 is 1.47 bits per heavy atom. The van der Waals surface area contributed by atoms with E-state index < -0.39 is 0 Å². The van der Waals surface area contributed by atoms with Gasteiger partial charge in [-0.25, -0.2) is 0 Å². The van der Waals surface area contributed by atoms with Gasteiger partial charge in [-0.1, -0.05) is 22.0 Å². The van der Waals surface area contributed by atoms with Gasteiger partial charge in [0.1, 0.15) is 0 Å². The van der Waals surface area contributed by atoms with Crippen molar-refractivity contribution in [1.82, 2.24) is 9.78 Å². The predicted octanol–water partition coefficient (Wildman–Crippen LogP) is 3.39. The van der Waals surface area contributed by atoms with Crippen LogP contribution in [0.4, 0.5) is 5.69 Å². The fraction of sp³-hybridized carbons (Fsp3) is 0.250. The highest BCUT2D eigenvalue weighted by Crippen LogP contribution is 2.18. The standard InChI is InChI=1S/C12H14BrN3S/c1-16-9-12(8-15-16)17-6-5-14-11-4-2-3-10(13)7-11/h2-4,7-9,14H,5-6H2,1H3. The van der Waals surface area contributed by atoms with Gasteiger partial charge >= 0.3 is 0 Å². The monoisotopic (exact) mass is 311 g/mol. The zero-order chi connectivity index (χ0) is 12.1. The van der Waals surface area contributed by atoms with Gasteiger partial charge in [0.05, 0.1) is 6.20 Å². The molecule has 0 saturated carbocycles. The Balaban J connectivity index is 1.73. The smallest absolute Gasteiger partial charge is 0.0625 e. The second-order valence-electron chi connectivity index (χ2n) is 3.64. The summed E-state index contributed by atoms with van der Waals surface area (Å²) >= 11 is 5.26. The van der Waals surface area contributed by atoms with Crippen LogP contribution in [-0.4, -0.2) is 22.1 Å². The molecule has 0 aliphatic rings. The third-order valence-corrected chi connectivity index (χ3v) is 3.65. The Bertz CT molecular complexity index is 484. The van der Waals surface area contributed by atoms with E-state index in [0.717, 1.165) is 22.5 Å². The van der Waals surface area contributed by atoms with Crippen molar-refractivity contribution in [2.75, 3.05) is 17.6 Å². The number of halogens is 1. The molecular formula is C12H14BrN3S. The Kier molecular flexibility index (Phi) is 4.50. The molecule has 1 N–H and O–H groups in total. The second-order valence-corrected chi connectivity index (χ2v) is 5.72.